The van der Waals surface area contributed by atoms with Gasteiger partial charge in [0.15, 0.2) is 0 Å². The Kier molecular flexibility index (Phi) is 4.12. The molecule has 0 aromatic rings. The lowest BCUT2D eigenvalue weighted by Gasteiger charge is -2.47. The summed E-state index contributed by atoms with van der Waals surface area (Å²) in [5, 5.41) is 0. The first-order valence-electron chi connectivity index (χ1n) is 7.27. The smallest absolute Gasteiger partial charge is 0.127 e. The molecule has 1 aliphatic heterocycles. The molecule has 0 unspecified atom stereocenters. The fraction of sp³-hybridized carbons (Fsp3) is 0.933. The molecule has 2 rings (SSSR count). The topological polar surface area (TPSA) is 29.5 Å². The van der Waals surface area contributed by atoms with Crippen molar-refractivity contribution in [2.45, 2.75) is 52.0 Å². The van der Waals surface area contributed by atoms with Crippen LogP contribution in [0.4, 0.5) is 0 Å². The van der Waals surface area contributed by atoms with Crippen molar-refractivity contribution < 1.29 is 9.53 Å². The van der Waals surface area contributed by atoms with Gasteiger partial charge in [0.2, 0.25) is 0 Å². The highest BCUT2D eigenvalue weighted by atomic mass is 16.5. The maximum absolute atomic E-state index is 11.6. The fourth-order valence-corrected chi connectivity index (χ4v) is 3.21. The van der Waals surface area contributed by atoms with E-state index in [1.165, 1.54) is 19.1 Å². The first-order chi connectivity index (χ1) is 8.47. The molecule has 2 aliphatic rings. The number of carbonyl (C=O) groups excluding carboxylic acids is 1. The Bertz CT molecular complexity index is 293. The average Bonchev–Trinajstić information content (AvgIpc) is 2.35. The number of nitrogens with zero attached hydrogens (tertiary/aromatic N) is 1. The molecule has 0 radical (unpaired) electrons. The maximum atomic E-state index is 11.6. The molecule has 0 N–H and O–H groups in total. The summed E-state index contributed by atoms with van der Waals surface area (Å²) in [4.78, 5) is 14.1. The van der Waals surface area contributed by atoms with Crippen molar-refractivity contribution in [3.63, 3.8) is 0 Å². The zero-order valence-electron chi connectivity index (χ0n) is 12.1. The molecule has 1 saturated heterocycles. The summed E-state index contributed by atoms with van der Waals surface area (Å²) < 4.78 is 5.56. The molecule has 0 atom stereocenters. The lowest BCUT2D eigenvalue weighted by molar-refractivity contribution is -0.124. The van der Waals surface area contributed by atoms with E-state index in [-0.39, 0.29) is 11.0 Å². The summed E-state index contributed by atoms with van der Waals surface area (Å²) in [6.07, 6.45) is 5.76. The molecule has 1 aliphatic carbocycles. The number of rotatable bonds is 3. The van der Waals surface area contributed by atoms with E-state index >= 15 is 0 Å². The zero-order valence-corrected chi connectivity index (χ0v) is 12.1. The fourth-order valence-electron chi connectivity index (χ4n) is 3.21. The first-order valence-corrected chi connectivity index (χ1v) is 7.27. The average molecular weight is 253 g/mol. The van der Waals surface area contributed by atoms with Crippen molar-refractivity contribution in [3.05, 3.63) is 0 Å². The molecule has 3 heteroatoms. The molecule has 104 valence electrons. The highest BCUT2D eigenvalue weighted by Crippen LogP contribution is 2.39. The van der Waals surface area contributed by atoms with Crippen molar-refractivity contribution in [3.8, 4) is 0 Å². The second-order valence-corrected chi connectivity index (χ2v) is 6.95. The summed E-state index contributed by atoms with van der Waals surface area (Å²) >= 11 is 0. The normalized spacial score (nSPS) is 37.4. The number of ether oxygens (including phenoxy) is 1. The molecule has 2 fully saturated rings. The van der Waals surface area contributed by atoms with Crippen molar-refractivity contribution >= 4 is 6.29 Å². The summed E-state index contributed by atoms with van der Waals surface area (Å²) in [7, 11) is 0. The molecular weight excluding hydrogens is 226 g/mol. The number of carbonyl (C=O) groups is 1. The summed E-state index contributed by atoms with van der Waals surface area (Å²) in [6, 6.07) is 0. The standard InChI is InChI=1S/C15H27NO2/c1-13-4-6-15(11-17,7-5-13)10-16-8-9-18-12-14(16,2)3/h11,13H,4-10,12H2,1-3H3. The van der Waals surface area contributed by atoms with Gasteiger partial charge in [-0.15, -0.1) is 0 Å². The monoisotopic (exact) mass is 253 g/mol. The first kappa shape index (κ1) is 14.0. The van der Waals surface area contributed by atoms with Crippen molar-refractivity contribution in [2.24, 2.45) is 11.3 Å². The van der Waals surface area contributed by atoms with E-state index in [0.717, 1.165) is 45.1 Å². The Balaban J connectivity index is 2.03. The van der Waals surface area contributed by atoms with Crippen LogP contribution in [0.15, 0.2) is 0 Å². The Hall–Kier alpha value is -0.410. The van der Waals surface area contributed by atoms with Gasteiger partial charge in [0.05, 0.1) is 13.2 Å². The number of morpholine rings is 1. The van der Waals surface area contributed by atoms with Crippen LogP contribution in [0.3, 0.4) is 0 Å². The van der Waals surface area contributed by atoms with Gasteiger partial charge in [0, 0.05) is 24.0 Å². The summed E-state index contributed by atoms with van der Waals surface area (Å²) in [5.41, 5.74) is -0.0293. The third-order valence-corrected chi connectivity index (χ3v) is 4.84. The highest BCUT2D eigenvalue weighted by Gasteiger charge is 2.40. The van der Waals surface area contributed by atoms with Crippen LogP contribution >= 0.6 is 0 Å². The van der Waals surface area contributed by atoms with Crippen molar-refractivity contribution in [1.29, 1.82) is 0 Å². The van der Waals surface area contributed by atoms with Gasteiger partial charge in [-0.2, -0.15) is 0 Å². The second kappa shape index (κ2) is 5.30. The van der Waals surface area contributed by atoms with Crippen LogP contribution in [-0.2, 0) is 9.53 Å². The van der Waals surface area contributed by atoms with Crippen LogP contribution < -0.4 is 0 Å². The largest absolute Gasteiger partial charge is 0.378 e. The van der Waals surface area contributed by atoms with Crippen LogP contribution in [0.25, 0.3) is 0 Å². The minimum Gasteiger partial charge on any atom is -0.378 e. The van der Waals surface area contributed by atoms with E-state index in [9.17, 15) is 4.79 Å². The lowest BCUT2D eigenvalue weighted by Crippen LogP contribution is -2.56. The van der Waals surface area contributed by atoms with Crippen LogP contribution in [-0.4, -0.2) is 43.0 Å². The third-order valence-electron chi connectivity index (χ3n) is 4.84. The van der Waals surface area contributed by atoms with Gasteiger partial charge in [0.25, 0.3) is 0 Å². The van der Waals surface area contributed by atoms with Crippen LogP contribution in [0.5, 0.6) is 0 Å². The van der Waals surface area contributed by atoms with E-state index < -0.39 is 0 Å². The predicted octanol–water partition coefficient (Wildman–Crippen LogP) is 2.49. The highest BCUT2D eigenvalue weighted by molar-refractivity contribution is 5.60. The van der Waals surface area contributed by atoms with E-state index in [4.69, 9.17) is 4.74 Å². The van der Waals surface area contributed by atoms with Crippen molar-refractivity contribution in [1.82, 2.24) is 4.90 Å². The van der Waals surface area contributed by atoms with Crippen LogP contribution in [0.2, 0.25) is 0 Å². The predicted molar refractivity (Wildman–Crippen MR) is 72.6 cm³/mol. The number of aldehydes is 1. The molecule has 18 heavy (non-hydrogen) atoms. The Morgan fingerprint density at radius 2 is 2.00 bits per heavy atom. The van der Waals surface area contributed by atoms with Crippen LogP contribution in [0.1, 0.15) is 46.5 Å². The van der Waals surface area contributed by atoms with Gasteiger partial charge in [0.1, 0.15) is 6.29 Å². The third kappa shape index (κ3) is 2.94. The molecule has 3 nitrogen and oxygen atoms in total. The molecular formula is C15H27NO2. The minimum absolute atomic E-state index is 0.0668. The van der Waals surface area contributed by atoms with Gasteiger partial charge in [-0.1, -0.05) is 6.92 Å². The molecule has 0 bridgehead atoms. The molecule has 0 aromatic carbocycles. The molecule has 0 amide bonds. The van der Waals surface area contributed by atoms with E-state index in [0.29, 0.717) is 0 Å². The minimum atomic E-state index is -0.0961. The Morgan fingerprint density at radius 3 is 2.56 bits per heavy atom. The number of hydrogen-bond donors (Lipinski definition) is 0. The second-order valence-electron chi connectivity index (χ2n) is 6.95. The van der Waals surface area contributed by atoms with E-state index in [1.54, 1.807) is 0 Å². The zero-order chi connectivity index (χ0) is 13.2. The summed E-state index contributed by atoms with van der Waals surface area (Å²) in [6.45, 7) is 10.2. The van der Waals surface area contributed by atoms with Gasteiger partial charge in [-0.25, -0.2) is 0 Å². The lowest BCUT2D eigenvalue weighted by atomic mass is 9.71. The maximum Gasteiger partial charge on any atom is 0.127 e. The van der Waals surface area contributed by atoms with Gasteiger partial charge < -0.3 is 9.53 Å². The van der Waals surface area contributed by atoms with Gasteiger partial charge in [-0.3, -0.25) is 4.90 Å². The van der Waals surface area contributed by atoms with E-state index in [1.807, 2.05) is 0 Å². The van der Waals surface area contributed by atoms with Crippen molar-refractivity contribution in [2.75, 3.05) is 26.3 Å². The summed E-state index contributed by atoms with van der Waals surface area (Å²) in [5.74, 6) is 0.788. The molecule has 1 heterocycles. The molecule has 1 saturated carbocycles. The Labute approximate surface area is 111 Å². The Morgan fingerprint density at radius 1 is 1.33 bits per heavy atom. The SMILES string of the molecule is CC1CCC(C=O)(CN2CCOCC2(C)C)CC1. The molecule has 0 spiro atoms. The van der Waals surface area contributed by atoms with Gasteiger partial charge >= 0.3 is 0 Å². The van der Waals surface area contributed by atoms with E-state index in [2.05, 4.69) is 25.7 Å². The van der Waals surface area contributed by atoms with Gasteiger partial charge in [-0.05, 0) is 45.4 Å². The van der Waals surface area contributed by atoms with Crippen LogP contribution in [0, 0.1) is 11.3 Å². The number of hydrogen-bond acceptors (Lipinski definition) is 3. The molecule has 0 aromatic heterocycles. The quantitative estimate of drug-likeness (QED) is 0.724.